The van der Waals surface area contributed by atoms with Gasteiger partial charge in [-0.25, -0.2) is 9.18 Å². The molecule has 18 heavy (non-hydrogen) atoms. The molecule has 2 rings (SSSR count). The number of carbonyl (C=O) groups excluding carboxylic acids is 2. The van der Waals surface area contributed by atoms with Crippen LogP contribution in [0.2, 0.25) is 0 Å². The molecule has 0 spiro atoms. The lowest BCUT2D eigenvalue weighted by Gasteiger charge is -2.06. The van der Waals surface area contributed by atoms with Gasteiger partial charge in [-0.3, -0.25) is 4.79 Å². The van der Waals surface area contributed by atoms with Crippen molar-refractivity contribution in [2.75, 3.05) is 7.11 Å². The van der Waals surface area contributed by atoms with Gasteiger partial charge in [-0.1, -0.05) is 12.1 Å². The lowest BCUT2D eigenvalue weighted by molar-refractivity contribution is -0.137. The van der Waals surface area contributed by atoms with Crippen molar-refractivity contribution in [1.29, 1.82) is 0 Å². The third-order valence-electron chi connectivity index (χ3n) is 2.35. The number of esters is 1. The van der Waals surface area contributed by atoms with E-state index in [1.54, 1.807) is 0 Å². The molecule has 1 aromatic rings. The zero-order valence-electron chi connectivity index (χ0n) is 9.41. The van der Waals surface area contributed by atoms with Gasteiger partial charge in [-0.05, 0) is 34.9 Å². The molecular formula is C14H7FO3. The van der Waals surface area contributed by atoms with E-state index in [0.717, 1.165) is 0 Å². The second kappa shape index (κ2) is 4.70. The maximum absolute atomic E-state index is 12.8. The highest BCUT2D eigenvalue weighted by Gasteiger charge is 2.24. The first-order valence-corrected chi connectivity index (χ1v) is 5.03. The largest absolute Gasteiger partial charge is 0.465 e. The molecule has 0 amide bonds. The van der Waals surface area contributed by atoms with Crippen molar-refractivity contribution in [3.63, 3.8) is 0 Å². The van der Waals surface area contributed by atoms with E-state index < -0.39 is 17.6 Å². The molecule has 0 unspecified atom stereocenters. The van der Waals surface area contributed by atoms with Gasteiger partial charge < -0.3 is 4.74 Å². The summed E-state index contributed by atoms with van der Waals surface area (Å²) in [4.78, 5) is 23.3. The summed E-state index contributed by atoms with van der Waals surface area (Å²) in [5.74, 6) is -1.76. The number of ketones is 1. The highest BCUT2D eigenvalue weighted by Crippen LogP contribution is 2.20. The summed E-state index contributed by atoms with van der Waals surface area (Å²) in [6.45, 7) is 0. The van der Waals surface area contributed by atoms with Crippen LogP contribution in [-0.4, -0.2) is 18.9 Å². The third kappa shape index (κ3) is 2.08. The van der Waals surface area contributed by atoms with Crippen molar-refractivity contribution in [3.05, 3.63) is 58.4 Å². The zero-order chi connectivity index (χ0) is 13.1. The van der Waals surface area contributed by atoms with Crippen molar-refractivity contribution >= 4 is 17.3 Å². The Morgan fingerprint density at radius 3 is 2.50 bits per heavy atom. The molecule has 1 aliphatic rings. The summed E-state index contributed by atoms with van der Waals surface area (Å²) in [7, 11) is 1.17. The SMILES string of the molecule is COC(=O)C1=C=C=C=C(c2ccc(F)cc2)C1=O. The van der Waals surface area contributed by atoms with E-state index in [4.69, 9.17) is 0 Å². The van der Waals surface area contributed by atoms with E-state index in [-0.39, 0.29) is 11.1 Å². The second-order valence-corrected chi connectivity index (χ2v) is 3.45. The molecular weight excluding hydrogens is 235 g/mol. The highest BCUT2D eigenvalue weighted by atomic mass is 19.1. The first-order valence-electron chi connectivity index (χ1n) is 5.03. The van der Waals surface area contributed by atoms with Crippen LogP contribution in [-0.2, 0) is 14.3 Å². The molecule has 1 aromatic carbocycles. The molecule has 88 valence electrons. The fraction of sp³-hybridized carbons (Fsp3) is 0.0714. The third-order valence-corrected chi connectivity index (χ3v) is 2.35. The van der Waals surface area contributed by atoms with Gasteiger partial charge in [0, 0.05) is 0 Å². The Hall–Kier alpha value is -2.63. The first-order chi connectivity index (χ1) is 8.63. The predicted molar refractivity (Wildman–Crippen MR) is 60.9 cm³/mol. The number of carbonyl (C=O) groups is 2. The molecule has 0 heterocycles. The Labute approximate surface area is 102 Å². The first kappa shape index (κ1) is 11.8. The van der Waals surface area contributed by atoms with Crippen molar-refractivity contribution in [2.45, 2.75) is 0 Å². The van der Waals surface area contributed by atoms with E-state index >= 15 is 0 Å². The molecule has 3 nitrogen and oxygen atoms in total. The van der Waals surface area contributed by atoms with Crippen LogP contribution in [0, 0.1) is 5.82 Å². The molecule has 0 aromatic heterocycles. The molecule has 0 N–H and O–H groups in total. The van der Waals surface area contributed by atoms with Gasteiger partial charge in [-0.15, -0.1) is 0 Å². The second-order valence-electron chi connectivity index (χ2n) is 3.45. The van der Waals surface area contributed by atoms with Crippen molar-refractivity contribution in [2.24, 2.45) is 0 Å². The predicted octanol–water partition coefficient (Wildman–Crippen LogP) is 1.80. The zero-order valence-corrected chi connectivity index (χ0v) is 9.41. The van der Waals surface area contributed by atoms with Crippen LogP contribution >= 0.6 is 0 Å². The highest BCUT2D eigenvalue weighted by molar-refractivity contribution is 6.37. The molecule has 0 atom stereocenters. The fourth-order valence-electron chi connectivity index (χ4n) is 1.46. The molecule has 0 aliphatic heterocycles. The van der Waals surface area contributed by atoms with Crippen molar-refractivity contribution < 1.29 is 18.7 Å². The van der Waals surface area contributed by atoms with Crippen LogP contribution in [0.4, 0.5) is 4.39 Å². The Kier molecular flexibility index (Phi) is 3.09. The summed E-state index contributed by atoms with van der Waals surface area (Å²) in [5, 5.41) is 0. The fourth-order valence-corrected chi connectivity index (χ4v) is 1.46. The molecule has 1 aliphatic carbocycles. The van der Waals surface area contributed by atoms with Gasteiger partial charge in [0.25, 0.3) is 0 Å². The standard InChI is InChI=1S/C14H7FO3/c1-18-14(17)12-4-2-3-11(13(12)16)9-5-7-10(15)8-6-9/h5-8H,1H3. The smallest absolute Gasteiger partial charge is 0.350 e. The number of rotatable bonds is 2. The monoisotopic (exact) mass is 242 g/mol. The van der Waals surface area contributed by atoms with E-state index in [9.17, 15) is 14.0 Å². The van der Waals surface area contributed by atoms with E-state index in [1.807, 2.05) is 0 Å². The average Bonchev–Trinajstić information content (AvgIpc) is 2.39. The van der Waals surface area contributed by atoms with Crippen molar-refractivity contribution in [1.82, 2.24) is 0 Å². The number of halogens is 1. The summed E-state index contributed by atoms with van der Waals surface area (Å²) >= 11 is 0. The molecule has 0 fully saturated rings. The van der Waals surface area contributed by atoms with Gasteiger partial charge in [0.15, 0.2) is 5.57 Å². The van der Waals surface area contributed by atoms with Gasteiger partial charge >= 0.3 is 5.97 Å². The van der Waals surface area contributed by atoms with Crippen LogP contribution in [0.25, 0.3) is 5.57 Å². The van der Waals surface area contributed by atoms with Crippen LogP contribution in [0.3, 0.4) is 0 Å². The average molecular weight is 242 g/mol. The summed E-state index contributed by atoms with van der Waals surface area (Å²) in [6, 6.07) is 5.29. The maximum Gasteiger partial charge on any atom is 0.350 e. The van der Waals surface area contributed by atoms with E-state index in [0.29, 0.717) is 5.56 Å². The molecule has 0 bridgehead atoms. The molecule has 4 heteroatoms. The number of methoxy groups -OCH3 is 1. The van der Waals surface area contributed by atoms with Crippen molar-refractivity contribution in [3.8, 4) is 0 Å². The van der Waals surface area contributed by atoms with E-state index in [2.05, 4.69) is 21.9 Å². The minimum Gasteiger partial charge on any atom is -0.465 e. The minimum atomic E-state index is -0.784. The quantitative estimate of drug-likeness (QED) is 0.451. The number of hydrogen-bond acceptors (Lipinski definition) is 3. The Balaban J connectivity index is 2.44. The number of allylic oxidation sites excluding steroid dienone is 1. The molecule has 0 radical (unpaired) electrons. The lowest BCUT2D eigenvalue weighted by Crippen LogP contribution is -2.15. The molecule has 0 saturated heterocycles. The lowest BCUT2D eigenvalue weighted by atomic mass is 9.96. The van der Waals surface area contributed by atoms with Gasteiger partial charge in [0.1, 0.15) is 5.82 Å². The summed E-state index contributed by atoms with van der Waals surface area (Å²) in [5.41, 5.74) is 7.74. The Morgan fingerprint density at radius 1 is 1.22 bits per heavy atom. The van der Waals surface area contributed by atoms with Crippen LogP contribution in [0.5, 0.6) is 0 Å². The number of benzene rings is 1. The van der Waals surface area contributed by atoms with Gasteiger partial charge in [0.05, 0.1) is 12.7 Å². The minimum absolute atomic E-state index is 0.133. The van der Waals surface area contributed by atoms with Crippen LogP contribution in [0.15, 0.2) is 47.0 Å². The molecule has 0 saturated carbocycles. The van der Waals surface area contributed by atoms with Crippen LogP contribution < -0.4 is 0 Å². The number of hydrogen-bond donors (Lipinski definition) is 0. The van der Waals surface area contributed by atoms with Gasteiger partial charge in [-0.2, -0.15) is 0 Å². The normalized spacial score (nSPS) is 13.1. The van der Waals surface area contributed by atoms with Crippen LogP contribution in [0.1, 0.15) is 5.56 Å². The Bertz CT molecular complexity index is 663. The van der Waals surface area contributed by atoms with E-state index in [1.165, 1.54) is 31.4 Å². The number of Topliss-reactive ketones (excluding diaryl/α,β-unsaturated/α-hetero) is 1. The summed E-state index contributed by atoms with van der Waals surface area (Å²) < 4.78 is 17.3. The summed E-state index contributed by atoms with van der Waals surface area (Å²) in [6.07, 6.45) is 0. The number of ether oxygens (including phenoxy) is 1. The maximum atomic E-state index is 12.8. The topological polar surface area (TPSA) is 43.4 Å². The Morgan fingerprint density at radius 2 is 1.89 bits per heavy atom. The van der Waals surface area contributed by atoms with Gasteiger partial charge in [0.2, 0.25) is 5.78 Å².